The Morgan fingerprint density at radius 2 is 1.83 bits per heavy atom. The lowest BCUT2D eigenvalue weighted by molar-refractivity contribution is 0.0697. The Bertz CT molecular complexity index is 877. The van der Waals surface area contributed by atoms with Crippen molar-refractivity contribution in [1.82, 2.24) is 4.98 Å². The fourth-order valence-electron chi connectivity index (χ4n) is 3.54. The number of carbonyl (C=O) groups is 1. The molecule has 3 aromatic rings. The Hall–Kier alpha value is -2.75. The van der Waals surface area contributed by atoms with E-state index in [-0.39, 0.29) is 0 Å². The molecule has 4 heteroatoms. The first kappa shape index (κ1) is 14.8. The average molecular weight is 320 g/mol. The second kappa shape index (κ2) is 6.04. The van der Waals surface area contributed by atoms with E-state index in [1.54, 1.807) is 12.1 Å². The fourth-order valence-corrected chi connectivity index (χ4v) is 3.54. The van der Waals surface area contributed by atoms with Crippen LogP contribution in [0.2, 0.25) is 0 Å². The van der Waals surface area contributed by atoms with Crippen molar-refractivity contribution in [2.45, 2.75) is 31.7 Å². The van der Waals surface area contributed by atoms with Crippen molar-refractivity contribution in [3.8, 4) is 11.3 Å². The van der Waals surface area contributed by atoms with Gasteiger partial charge in [0.15, 0.2) is 0 Å². The average Bonchev–Trinajstić information content (AvgIpc) is 3.24. The van der Waals surface area contributed by atoms with E-state index in [1.807, 2.05) is 36.4 Å². The van der Waals surface area contributed by atoms with Gasteiger partial charge in [-0.25, -0.2) is 4.79 Å². The van der Waals surface area contributed by atoms with Crippen LogP contribution in [0.25, 0.3) is 22.2 Å². The Balaban J connectivity index is 1.82. The lowest BCUT2D eigenvalue weighted by Crippen LogP contribution is -2.15. The number of hydrogen-bond donors (Lipinski definition) is 3. The third kappa shape index (κ3) is 2.75. The summed E-state index contributed by atoms with van der Waals surface area (Å²) in [6, 6.07) is 16.0. The van der Waals surface area contributed by atoms with Crippen LogP contribution >= 0.6 is 0 Å². The molecule has 0 spiro atoms. The number of aromatic amines is 1. The maximum absolute atomic E-state index is 11.5. The Morgan fingerprint density at radius 1 is 1.08 bits per heavy atom. The highest BCUT2D eigenvalue weighted by Gasteiger charge is 2.18. The molecule has 1 heterocycles. The first-order valence-electron chi connectivity index (χ1n) is 8.43. The van der Waals surface area contributed by atoms with Crippen molar-refractivity contribution in [2.24, 2.45) is 0 Å². The maximum atomic E-state index is 11.5. The summed E-state index contributed by atoms with van der Waals surface area (Å²) in [5.41, 5.74) is 4.28. The lowest BCUT2D eigenvalue weighted by Gasteiger charge is -2.15. The van der Waals surface area contributed by atoms with Crippen molar-refractivity contribution < 1.29 is 9.90 Å². The molecule has 3 N–H and O–H groups in total. The van der Waals surface area contributed by atoms with Crippen molar-refractivity contribution in [3.63, 3.8) is 0 Å². The van der Waals surface area contributed by atoms with Gasteiger partial charge in [0.05, 0.1) is 16.8 Å². The molecule has 0 unspecified atom stereocenters. The van der Waals surface area contributed by atoms with Crippen molar-refractivity contribution in [3.05, 3.63) is 54.1 Å². The highest BCUT2D eigenvalue weighted by molar-refractivity contribution is 6.01. The second-order valence-corrected chi connectivity index (χ2v) is 6.47. The van der Waals surface area contributed by atoms with Gasteiger partial charge >= 0.3 is 5.97 Å². The maximum Gasteiger partial charge on any atom is 0.335 e. The van der Waals surface area contributed by atoms with E-state index in [0.717, 1.165) is 40.7 Å². The molecular weight excluding hydrogens is 300 g/mol. The molecule has 0 amide bonds. The van der Waals surface area contributed by atoms with Gasteiger partial charge in [-0.2, -0.15) is 0 Å². The minimum absolute atomic E-state index is 0.321. The van der Waals surface area contributed by atoms with E-state index < -0.39 is 5.97 Å². The summed E-state index contributed by atoms with van der Waals surface area (Å²) in [5.74, 6) is -0.895. The molecule has 24 heavy (non-hydrogen) atoms. The van der Waals surface area contributed by atoms with E-state index in [1.165, 1.54) is 12.8 Å². The molecule has 122 valence electrons. The normalized spacial score (nSPS) is 15.0. The topological polar surface area (TPSA) is 65.1 Å². The highest BCUT2D eigenvalue weighted by Crippen LogP contribution is 2.32. The third-order valence-electron chi connectivity index (χ3n) is 4.77. The van der Waals surface area contributed by atoms with Gasteiger partial charge < -0.3 is 15.4 Å². The SMILES string of the molecule is O=C(O)c1cc(NC2CCCC2)c2[nH]c(-c3ccccc3)cc2c1. The van der Waals surface area contributed by atoms with Crippen LogP contribution in [0.4, 0.5) is 5.69 Å². The smallest absolute Gasteiger partial charge is 0.335 e. The summed E-state index contributed by atoms with van der Waals surface area (Å²) in [7, 11) is 0. The molecule has 1 saturated carbocycles. The number of nitrogens with one attached hydrogen (secondary N) is 2. The van der Waals surface area contributed by atoms with Crippen LogP contribution < -0.4 is 5.32 Å². The number of carboxylic acid groups (broad SMARTS) is 1. The number of H-pyrrole nitrogens is 1. The number of fused-ring (bicyclic) bond motifs is 1. The fraction of sp³-hybridized carbons (Fsp3) is 0.250. The molecule has 0 saturated heterocycles. The van der Waals surface area contributed by atoms with Gasteiger partial charge in [-0.05, 0) is 36.6 Å². The monoisotopic (exact) mass is 320 g/mol. The Labute approximate surface area is 140 Å². The Morgan fingerprint density at radius 3 is 2.54 bits per heavy atom. The highest BCUT2D eigenvalue weighted by atomic mass is 16.4. The second-order valence-electron chi connectivity index (χ2n) is 6.47. The summed E-state index contributed by atoms with van der Waals surface area (Å²) in [4.78, 5) is 14.9. The summed E-state index contributed by atoms with van der Waals surface area (Å²) in [5, 5.41) is 13.9. The molecule has 1 aromatic heterocycles. The molecule has 1 aliphatic carbocycles. The van der Waals surface area contributed by atoms with Gasteiger partial charge in [0, 0.05) is 17.1 Å². The number of hydrogen-bond acceptors (Lipinski definition) is 2. The van der Waals surface area contributed by atoms with Gasteiger partial charge in [-0.1, -0.05) is 43.2 Å². The zero-order chi connectivity index (χ0) is 16.5. The zero-order valence-electron chi connectivity index (χ0n) is 13.4. The molecule has 4 nitrogen and oxygen atoms in total. The van der Waals surface area contributed by atoms with Crippen LogP contribution in [-0.2, 0) is 0 Å². The third-order valence-corrected chi connectivity index (χ3v) is 4.77. The predicted molar refractivity (Wildman–Crippen MR) is 96.6 cm³/mol. The van der Waals surface area contributed by atoms with Crippen molar-refractivity contribution >= 4 is 22.6 Å². The van der Waals surface area contributed by atoms with Crippen LogP contribution in [0, 0.1) is 0 Å². The summed E-state index contributed by atoms with van der Waals surface area (Å²) in [6.45, 7) is 0. The van der Waals surface area contributed by atoms with Gasteiger partial charge in [-0.3, -0.25) is 0 Å². The summed E-state index contributed by atoms with van der Waals surface area (Å²) < 4.78 is 0. The zero-order valence-corrected chi connectivity index (χ0v) is 13.4. The van der Waals surface area contributed by atoms with Crippen molar-refractivity contribution in [1.29, 1.82) is 0 Å². The van der Waals surface area contributed by atoms with Gasteiger partial charge in [0.1, 0.15) is 0 Å². The van der Waals surface area contributed by atoms with Crippen LogP contribution in [0.3, 0.4) is 0 Å². The largest absolute Gasteiger partial charge is 0.478 e. The minimum Gasteiger partial charge on any atom is -0.478 e. The van der Waals surface area contributed by atoms with Crippen LogP contribution in [0.15, 0.2) is 48.5 Å². The molecule has 1 aliphatic rings. The Kier molecular flexibility index (Phi) is 3.73. The number of aromatic nitrogens is 1. The number of benzene rings is 2. The quantitative estimate of drug-likeness (QED) is 0.641. The van der Waals surface area contributed by atoms with Crippen LogP contribution in [0.5, 0.6) is 0 Å². The van der Waals surface area contributed by atoms with Crippen LogP contribution in [-0.4, -0.2) is 22.1 Å². The molecular formula is C20H20N2O2. The van der Waals surface area contributed by atoms with E-state index in [2.05, 4.69) is 10.3 Å². The van der Waals surface area contributed by atoms with Gasteiger partial charge in [0.25, 0.3) is 0 Å². The van der Waals surface area contributed by atoms with Crippen molar-refractivity contribution in [2.75, 3.05) is 5.32 Å². The first-order chi connectivity index (χ1) is 11.7. The molecule has 0 bridgehead atoms. The standard InChI is InChI=1S/C20H20N2O2/c23-20(24)15-10-14-11-17(13-6-2-1-3-7-13)22-19(14)18(12-15)21-16-8-4-5-9-16/h1-3,6-7,10-12,16,21-22H,4-5,8-9H2,(H,23,24). The number of anilines is 1. The van der Waals surface area contributed by atoms with Gasteiger partial charge in [-0.15, -0.1) is 0 Å². The summed E-state index contributed by atoms with van der Waals surface area (Å²) in [6.07, 6.45) is 4.76. The minimum atomic E-state index is -0.895. The van der Waals surface area contributed by atoms with E-state index in [0.29, 0.717) is 11.6 Å². The van der Waals surface area contributed by atoms with Gasteiger partial charge in [0.2, 0.25) is 0 Å². The molecule has 0 aliphatic heterocycles. The molecule has 0 radical (unpaired) electrons. The molecule has 1 fully saturated rings. The van der Waals surface area contributed by atoms with E-state index in [9.17, 15) is 9.90 Å². The predicted octanol–water partition coefficient (Wildman–Crippen LogP) is 4.89. The van der Waals surface area contributed by atoms with E-state index in [4.69, 9.17) is 0 Å². The number of carboxylic acids is 1. The number of aromatic carboxylic acids is 1. The summed E-state index contributed by atoms with van der Waals surface area (Å²) >= 11 is 0. The lowest BCUT2D eigenvalue weighted by atomic mass is 10.1. The van der Waals surface area contributed by atoms with E-state index >= 15 is 0 Å². The van der Waals surface area contributed by atoms with Crippen LogP contribution in [0.1, 0.15) is 36.0 Å². The first-order valence-corrected chi connectivity index (χ1v) is 8.43. The molecule has 2 aromatic carbocycles. The number of rotatable bonds is 4. The molecule has 4 rings (SSSR count). The molecule has 0 atom stereocenters.